The molecule has 1 saturated heterocycles. The van der Waals surface area contributed by atoms with Gasteiger partial charge in [0.1, 0.15) is 16.5 Å². The third-order valence-corrected chi connectivity index (χ3v) is 7.70. The van der Waals surface area contributed by atoms with Crippen LogP contribution in [0.15, 0.2) is 58.5 Å². The normalized spacial score (nSPS) is 14.5. The number of aryl methyl sites for hydroxylation is 1. The average Bonchev–Trinajstić information content (AvgIpc) is 2.81. The van der Waals surface area contributed by atoms with Gasteiger partial charge in [0.15, 0.2) is 0 Å². The van der Waals surface area contributed by atoms with Gasteiger partial charge in [-0.2, -0.15) is 4.98 Å². The van der Waals surface area contributed by atoms with Crippen molar-refractivity contribution in [2.24, 2.45) is 0 Å². The van der Waals surface area contributed by atoms with Crippen molar-refractivity contribution in [2.75, 3.05) is 48.8 Å². The SMILES string of the molecule is COc1ccc(S(=O)(=O)c2cnc(N3CCN(c4cccc(C)c4C)CC3)nc2N)cc1. The standard InChI is InChI=1S/C23H27N5O3S/c1-16-5-4-6-20(17(16)2)27-11-13-28(14-12-27)23-25-15-21(22(24)26-23)32(29,30)19-9-7-18(31-3)8-10-19/h4-10,15H,11-14H2,1-3H3,(H2,24,25,26). The van der Waals surface area contributed by atoms with Gasteiger partial charge in [-0.25, -0.2) is 13.4 Å². The highest BCUT2D eigenvalue weighted by molar-refractivity contribution is 7.91. The minimum Gasteiger partial charge on any atom is -0.497 e. The lowest BCUT2D eigenvalue weighted by Crippen LogP contribution is -2.47. The van der Waals surface area contributed by atoms with Crippen LogP contribution in [-0.4, -0.2) is 51.7 Å². The molecule has 0 saturated carbocycles. The third kappa shape index (κ3) is 4.08. The Morgan fingerprint density at radius 1 is 0.969 bits per heavy atom. The molecule has 9 heteroatoms. The van der Waals surface area contributed by atoms with Gasteiger partial charge in [-0.3, -0.25) is 0 Å². The molecule has 0 unspecified atom stereocenters. The largest absolute Gasteiger partial charge is 0.497 e. The molecule has 2 heterocycles. The first-order valence-electron chi connectivity index (χ1n) is 10.4. The number of nitrogens with two attached hydrogens (primary N) is 1. The quantitative estimate of drug-likeness (QED) is 0.629. The molecule has 8 nitrogen and oxygen atoms in total. The van der Waals surface area contributed by atoms with E-state index >= 15 is 0 Å². The van der Waals surface area contributed by atoms with Crippen molar-refractivity contribution < 1.29 is 13.2 Å². The monoisotopic (exact) mass is 453 g/mol. The second-order valence-electron chi connectivity index (χ2n) is 7.79. The molecule has 0 aliphatic carbocycles. The third-order valence-electron chi connectivity index (χ3n) is 5.91. The Hall–Kier alpha value is -3.33. The summed E-state index contributed by atoms with van der Waals surface area (Å²) in [5.74, 6) is 0.961. The van der Waals surface area contributed by atoms with Gasteiger partial charge in [0.05, 0.1) is 18.2 Å². The molecule has 1 aliphatic rings. The molecule has 2 N–H and O–H groups in total. The summed E-state index contributed by atoms with van der Waals surface area (Å²) in [6.07, 6.45) is 1.30. The number of methoxy groups -OCH3 is 1. The van der Waals surface area contributed by atoms with Crippen LogP contribution in [-0.2, 0) is 9.84 Å². The fourth-order valence-corrected chi connectivity index (χ4v) is 5.10. The van der Waals surface area contributed by atoms with E-state index in [1.54, 1.807) is 12.1 Å². The summed E-state index contributed by atoms with van der Waals surface area (Å²) in [5.41, 5.74) is 9.87. The summed E-state index contributed by atoms with van der Waals surface area (Å²) < 4.78 is 31.0. The van der Waals surface area contributed by atoms with Gasteiger partial charge in [0.2, 0.25) is 15.8 Å². The number of rotatable bonds is 5. The van der Waals surface area contributed by atoms with Crippen molar-refractivity contribution in [1.29, 1.82) is 0 Å². The number of anilines is 3. The van der Waals surface area contributed by atoms with E-state index in [9.17, 15) is 8.42 Å². The van der Waals surface area contributed by atoms with Crippen LogP contribution in [0.4, 0.5) is 17.5 Å². The van der Waals surface area contributed by atoms with Gasteiger partial charge in [0, 0.05) is 31.9 Å². The van der Waals surface area contributed by atoms with Crippen LogP contribution >= 0.6 is 0 Å². The highest BCUT2D eigenvalue weighted by Gasteiger charge is 2.25. The maximum absolute atomic E-state index is 13.0. The van der Waals surface area contributed by atoms with Gasteiger partial charge >= 0.3 is 0 Å². The topological polar surface area (TPSA) is 102 Å². The van der Waals surface area contributed by atoms with Gasteiger partial charge in [-0.05, 0) is 55.3 Å². The molecular weight excluding hydrogens is 426 g/mol. The number of sulfone groups is 1. The van der Waals surface area contributed by atoms with E-state index < -0.39 is 9.84 Å². The summed E-state index contributed by atoms with van der Waals surface area (Å²) >= 11 is 0. The van der Waals surface area contributed by atoms with Crippen LogP contribution in [0.5, 0.6) is 5.75 Å². The molecule has 1 aliphatic heterocycles. The highest BCUT2D eigenvalue weighted by Crippen LogP contribution is 2.28. The molecule has 0 amide bonds. The molecule has 32 heavy (non-hydrogen) atoms. The minimum absolute atomic E-state index is 0.0530. The zero-order valence-corrected chi connectivity index (χ0v) is 19.3. The molecule has 0 bridgehead atoms. The van der Waals surface area contributed by atoms with E-state index in [0.29, 0.717) is 11.7 Å². The van der Waals surface area contributed by atoms with E-state index in [2.05, 4.69) is 46.9 Å². The van der Waals surface area contributed by atoms with Crippen LogP contribution < -0.4 is 20.3 Å². The van der Waals surface area contributed by atoms with Crippen molar-refractivity contribution in [1.82, 2.24) is 9.97 Å². The number of hydrogen-bond donors (Lipinski definition) is 1. The Bertz CT molecular complexity index is 1220. The van der Waals surface area contributed by atoms with Crippen LogP contribution in [0.25, 0.3) is 0 Å². The maximum Gasteiger partial charge on any atom is 0.227 e. The maximum atomic E-state index is 13.0. The highest BCUT2D eigenvalue weighted by atomic mass is 32.2. The first-order valence-corrected chi connectivity index (χ1v) is 11.9. The summed E-state index contributed by atoms with van der Waals surface area (Å²) in [6.45, 7) is 7.34. The van der Waals surface area contributed by atoms with E-state index in [4.69, 9.17) is 10.5 Å². The minimum atomic E-state index is -3.83. The zero-order valence-electron chi connectivity index (χ0n) is 18.4. The summed E-state index contributed by atoms with van der Waals surface area (Å²) in [4.78, 5) is 13.1. The lowest BCUT2D eigenvalue weighted by molar-refractivity contribution is 0.414. The van der Waals surface area contributed by atoms with Crippen molar-refractivity contribution in [2.45, 2.75) is 23.6 Å². The molecule has 0 atom stereocenters. The van der Waals surface area contributed by atoms with Gasteiger partial charge < -0.3 is 20.3 Å². The molecule has 3 aromatic rings. The predicted octanol–water partition coefficient (Wildman–Crippen LogP) is 2.84. The summed E-state index contributed by atoms with van der Waals surface area (Å²) in [7, 11) is -2.30. The molecular formula is C23H27N5O3S. The summed E-state index contributed by atoms with van der Waals surface area (Å²) in [6, 6.07) is 12.5. The van der Waals surface area contributed by atoms with Gasteiger partial charge in [0.25, 0.3) is 0 Å². The average molecular weight is 454 g/mol. The molecule has 0 radical (unpaired) electrons. The van der Waals surface area contributed by atoms with Crippen LogP contribution in [0.3, 0.4) is 0 Å². The van der Waals surface area contributed by atoms with Crippen molar-refractivity contribution in [3.63, 3.8) is 0 Å². The molecule has 1 fully saturated rings. The van der Waals surface area contributed by atoms with Crippen molar-refractivity contribution >= 4 is 27.3 Å². The van der Waals surface area contributed by atoms with Gasteiger partial charge in [-0.1, -0.05) is 12.1 Å². The Kier molecular flexibility index (Phi) is 5.92. The van der Waals surface area contributed by atoms with Crippen LogP contribution in [0.1, 0.15) is 11.1 Å². The number of aromatic nitrogens is 2. The Balaban J connectivity index is 1.51. The molecule has 1 aromatic heterocycles. The number of benzene rings is 2. The smallest absolute Gasteiger partial charge is 0.227 e. The second-order valence-corrected chi connectivity index (χ2v) is 9.71. The molecule has 4 rings (SSSR count). The zero-order chi connectivity index (χ0) is 22.9. The molecule has 168 valence electrons. The lowest BCUT2D eigenvalue weighted by Gasteiger charge is -2.37. The Morgan fingerprint density at radius 3 is 2.25 bits per heavy atom. The summed E-state index contributed by atoms with van der Waals surface area (Å²) in [5, 5.41) is 0. The molecule has 0 spiro atoms. The number of piperazine rings is 1. The van der Waals surface area contributed by atoms with E-state index in [1.807, 2.05) is 4.90 Å². The Morgan fingerprint density at radius 2 is 1.62 bits per heavy atom. The van der Waals surface area contributed by atoms with Crippen molar-refractivity contribution in [3.8, 4) is 5.75 Å². The first kappa shape index (κ1) is 21.9. The second kappa shape index (κ2) is 8.66. The number of nitrogen functional groups attached to an aromatic ring is 1. The van der Waals surface area contributed by atoms with Crippen LogP contribution in [0, 0.1) is 13.8 Å². The predicted molar refractivity (Wildman–Crippen MR) is 125 cm³/mol. The fraction of sp³-hybridized carbons (Fsp3) is 0.304. The first-order chi connectivity index (χ1) is 15.3. The van der Waals surface area contributed by atoms with Gasteiger partial charge in [-0.15, -0.1) is 0 Å². The lowest BCUT2D eigenvalue weighted by atomic mass is 10.1. The number of nitrogens with zero attached hydrogens (tertiary/aromatic N) is 4. The fourth-order valence-electron chi connectivity index (χ4n) is 3.84. The van der Waals surface area contributed by atoms with Crippen molar-refractivity contribution in [3.05, 3.63) is 59.8 Å². The van der Waals surface area contributed by atoms with Crippen LogP contribution in [0.2, 0.25) is 0 Å². The van der Waals surface area contributed by atoms with E-state index in [0.717, 1.165) is 26.2 Å². The number of hydrogen-bond acceptors (Lipinski definition) is 8. The Labute approximate surface area is 188 Å². The van der Waals surface area contributed by atoms with E-state index in [-0.39, 0.29) is 15.6 Å². The molecule has 2 aromatic carbocycles. The van der Waals surface area contributed by atoms with E-state index in [1.165, 1.54) is 42.3 Å². The number of ether oxygens (including phenoxy) is 1.